The van der Waals surface area contributed by atoms with Crippen molar-refractivity contribution in [3.63, 3.8) is 0 Å². The van der Waals surface area contributed by atoms with Crippen molar-refractivity contribution >= 4 is 40.9 Å². The number of hydrogen-bond donors (Lipinski definition) is 3. The zero-order valence-corrected chi connectivity index (χ0v) is 33.7. The number of nitrogens with zero attached hydrogens (tertiary/aromatic N) is 4. The van der Waals surface area contributed by atoms with Crippen molar-refractivity contribution < 1.29 is 43.1 Å². The molecule has 5 atom stereocenters. The van der Waals surface area contributed by atoms with Crippen molar-refractivity contribution in [2.24, 2.45) is 21.9 Å². The quantitative estimate of drug-likeness (QED) is 0.187. The SMILES string of the molecule is CCC[C@H](NC(=O)[C@@H]1C[C@]2(CC(c3ccc4c(c3)OCO4)=NO2)CN1C(=O)[C@@H](NC(=O)[C@@H](CC(=O)c1cnccn1)C(C)(C)C)C(C)(C)C)C(=O)C(=O)NC1CC1. The summed E-state index contributed by atoms with van der Waals surface area (Å²) < 4.78 is 11.0. The number of oxime groups is 1. The number of benzene rings is 1. The van der Waals surface area contributed by atoms with Crippen molar-refractivity contribution in [1.29, 1.82) is 0 Å². The summed E-state index contributed by atoms with van der Waals surface area (Å²) in [5, 5.41) is 12.9. The zero-order chi connectivity index (χ0) is 41.3. The maximum absolute atomic E-state index is 15.0. The number of fused-ring (bicyclic) bond motifs is 1. The summed E-state index contributed by atoms with van der Waals surface area (Å²) in [6.07, 6.45) is 6.60. The van der Waals surface area contributed by atoms with Crippen LogP contribution in [0, 0.1) is 16.7 Å². The number of Topliss-reactive ketones (excluding diaryl/α,β-unsaturated/α-hetero) is 2. The van der Waals surface area contributed by atoms with Crippen molar-refractivity contribution in [1.82, 2.24) is 30.8 Å². The average molecular weight is 788 g/mol. The lowest BCUT2D eigenvalue weighted by Crippen LogP contribution is -2.60. The lowest BCUT2D eigenvalue weighted by atomic mass is 9.76. The average Bonchev–Trinajstić information content (AvgIpc) is 3.52. The first-order valence-corrected chi connectivity index (χ1v) is 19.6. The van der Waals surface area contributed by atoms with Gasteiger partial charge < -0.3 is 35.2 Å². The van der Waals surface area contributed by atoms with E-state index < -0.39 is 69.9 Å². The van der Waals surface area contributed by atoms with E-state index in [0.717, 1.165) is 18.4 Å². The molecule has 3 N–H and O–H groups in total. The largest absolute Gasteiger partial charge is 0.454 e. The fourth-order valence-corrected chi connectivity index (χ4v) is 7.41. The summed E-state index contributed by atoms with van der Waals surface area (Å²) in [5.41, 5.74) is -1.25. The smallest absolute Gasteiger partial charge is 0.289 e. The molecule has 0 radical (unpaired) electrons. The lowest BCUT2D eigenvalue weighted by Gasteiger charge is -2.38. The van der Waals surface area contributed by atoms with Crippen LogP contribution in [0.25, 0.3) is 0 Å². The highest BCUT2D eigenvalue weighted by Crippen LogP contribution is 2.42. The number of hydrogen-bond acceptors (Lipinski definition) is 12. The van der Waals surface area contributed by atoms with Crippen molar-refractivity contribution in [2.75, 3.05) is 13.3 Å². The molecule has 1 saturated heterocycles. The van der Waals surface area contributed by atoms with Crippen LogP contribution in [0.2, 0.25) is 0 Å². The van der Waals surface area contributed by atoms with Gasteiger partial charge in [0.2, 0.25) is 30.3 Å². The standard InChI is InChI=1S/C41H53N7O9/c1-8-9-26(33(50)37(53)44-24-11-12-24)45-36(52)29-19-41(18-27(47-57-41)23-10-13-31-32(16-23)56-22-55-31)21-48(29)38(54)34(40(5,6)7)46-35(51)25(39(2,3)4)17-30(49)28-20-42-14-15-43-28/h10,13-16,20,24-26,29,34H,8-9,11-12,17-19,21-22H2,1-7H3,(H,44,53)(H,45,52)(H,46,51)/t25-,26+,29+,34-,41-/m1/s1. The van der Waals surface area contributed by atoms with E-state index in [1.165, 1.54) is 23.5 Å². The number of likely N-dealkylation sites (tertiary alicyclic amines) is 1. The summed E-state index contributed by atoms with van der Waals surface area (Å²) in [6.45, 7) is 12.8. The van der Waals surface area contributed by atoms with Crippen LogP contribution in [0.5, 0.6) is 11.5 Å². The van der Waals surface area contributed by atoms with Gasteiger partial charge in [0.15, 0.2) is 22.9 Å². The van der Waals surface area contributed by atoms with Crippen molar-refractivity contribution in [3.8, 4) is 11.5 Å². The fourth-order valence-electron chi connectivity index (χ4n) is 7.41. The summed E-state index contributed by atoms with van der Waals surface area (Å²) in [5.74, 6) is -3.26. The van der Waals surface area contributed by atoms with Gasteiger partial charge in [0.05, 0.1) is 30.4 Å². The number of nitrogens with one attached hydrogen (secondary N) is 3. The summed E-state index contributed by atoms with van der Waals surface area (Å²) in [6, 6.07) is 1.94. The van der Waals surface area contributed by atoms with Gasteiger partial charge >= 0.3 is 0 Å². The Hall–Kier alpha value is -5.41. The van der Waals surface area contributed by atoms with Crippen LogP contribution in [-0.2, 0) is 28.8 Å². The van der Waals surface area contributed by atoms with Gasteiger partial charge in [-0.05, 0) is 48.3 Å². The minimum absolute atomic E-state index is 0.0193. The van der Waals surface area contributed by atoms with Gasteiger partial charge in [0, 0.05) is 43.3 Å². The zero-order valence-electron chi connectivity index (χ0n) is 33.7. The second-order valence-corrected chi connectivity index (χ2v) is 17.6. The Balaban J connectivity index is 1.27. The van der Waals surface area contributed by atoms with E-state index in [1.54, 1.807) is 32.9 Å². The molecule has 4 heterocycles. The summed E-state index contributed by atoms with van der Waals surface area (Å²) >= 11 is 0. The number of carbonyl (C=O) groups excluding carboxylic acids is 6. The van der Waals surface area contributed by atoms with Crippen LogP contribution in [0.1, 0.15) is 109 Å². The number of aromatic nitrogens is 2. The molecular weight excluding hydrogens is 734 g/mol. The third-order valence-corrected chi connectivity index (χ3v) is 10.9. The van der Waals surface area contributed by atoms with Crippen LogP contribution in [0.15, 0.2) is 41.9 Å². The highest BCUT2D eigenvalue weighted by Gasteiger charge is 2.56. The van der Waals surface area contributed by atoms with Gasteiger partial charge in [0.25, 0.3) is 5.91 Å². The topological polar surface area (TPSA) is 208 Å². The van der Waals surface area contributed by atoms with E-state index in [4.69, 9.17) is 14.3 Å². The Bertz CT molecular complexity index is 1940. The molecule has 0 bridgehead atoms. The maximum Gasteiger partial charge on any atom is 0.289 e. The number of amides is 4. The van der Waals surface area contributed by atoms with Gasteiger partial charge in [-0.2, -0.15) is 0 Å². The molecule has 306 valence electrons. The highest BCUT2D eigenvalue weighted by molar-refractivity contribution is 6.38. The van der Waals surface area contributed by atoms with E-state index in [9.17, 15) is 28.8 Å². The minimum atomic E-state index is -1.15. The fraction of sp³-hybridized carbons (Fsp3) is 0.585. The third-order valence-electron chi connectivity index (χ3n) is 10.9. The second-order valence-electron chi connectivity index (χ2n) is 17.6. The Morgan fingerprint density at radius 1 is 0.965 bits per heavy atom. The maximum atomic E-state index is 15.0. The van der Waals surface area contributed by atoms with E-state index in [-0.39, 0.29) is 56.5 Å². The van der Waals surface area contributed by atoms with Crippen LogP contribution in [-0.4, -0.2) is 98.9 Å². The lowest BCUT2D eigenvalue weighted by molar-refractivity contribution is -0.146. The van der Waals surface area contributed by atoms with E-state index >= 15 is 0 Å². The second kappa shape index (κ2) is 16.2. The molecule has 16 heteroatoms. The Kier molecular flexibility index (Phi) is 11.7. The number of ketones is 2. The molecule has 1 aromatic heterocycles. The molecule has 1 aliphatic carbocycles. The molecule has 57 heavy (non-hydrogen) atoms. The first-order chi connectivity index (χ1) is 26.9. The van der Waals surface area contributed by atoms with E-state index in [2.05, 4.69) is 31.1 Å². The monoisotopic (exact) mass is 787 g/mol. The number of rotatable bonds is 14. The van der Waals surface area contributed by atoms with Crippen LogP contribution in [0.3, 0.4) is 0 Å². The summed E-state index contributed by atoms with van der Waals surface area (Å²) in [4.78, 5) is 98.5. The van der Waals surface area contributed by atoms with Crippen LogP contribution in [0.4, 0.5) is 0 Å². The molecule has 2 fully saturated rings. The molecule has 2 aromatic rings. The molecule has 16 nitrogen and oxygen atoms in total. The summed E-state index contributed by atoms with van der Waals surface area (Å²) in [7, 11) is 0. The van der Waals surface area contributed by atoms with Crippen LogP contribution >= 0.6 is 0 Å². The molecular formula is C41H53N7O9. The molecule has 1 aromatic carbocycles. The van der Waals surface area contributed by atoms with Gasteiger partial charge in [-0.25, -0.2) is 4.98 Å². The minimum Gasteiger partial charge on any atom is -0.454 e. The number of ether oxygens (including phenoxy) is 2. The predicted molar refractivity (Wildman–Crippen MR) is 206 cm³/mol. The predicted octanol–water partition coefficient (Wildman–Crippen LogP) is 3.27. The van der Waals surface area contributed by atoms with E-state index in [0.29, 0.717) is 23.6 Å². The normalized spacial score (nSPS) is 21.6. The van der Waals surface area contributed by atoms with Gasteiger partial charge in [-0.3, -0.25) is 33.8 Å². The van der Waals surface area contributed by atoms with Crippen LogP contribution < -0.4 is 25.4 Å². The molecule has 3 aliphatic heterocycles. The van der Waals surface area contributed by atoms with Crippen molar-refractivity contribution in [3.05, 3.63) is 48.0 Å². The Labute approximate surface area is 332 Å². The van der Waals surface area contributed by atoms with Gasteiger partial charge in [-0.1, -0.05) is 60.0 Å². The number of carbonyl (C=O) groups is 6. The Morgan fingerprint density at radius 2 is 1.70 bits per heavy atom. The molecule has 1 spiro atoms. The highest BCUT2D eigenvalue weighted by atomic mass is 16.7. The molecule has 1 saturated carbocycles. The molecule has 4 aliphatic rings. The van der Waals surface area contributed by atoms with E-state index in [1.807, 2.05) is 33.8 Å². The van der Waals surface area contributed by atoms with Gasteiger partial charge in [-0.15, -0.1) is 0 Å². The molecule has 0 unspecified atom stereocenters. The van der Waals surface area contributed by atoms with Gasteiger partial charge in [0.1, 0.15) is 17.8 Å². The molecule has 4 amide bonds. The Morgan fingerprint density at radius 3 is 2.35 bits per heavy atom. The first kappa shape index (κ1) is 41.2. The first-order valence-electron chi connectivity index (χ1n) is 19.6. The van der Waals surface area contributed by atoms with Crippen molar-refractivity contribution in [2.45, 2.75) is 123 Å². The molecule has 6 rings (SSSR count). The third kappa shape index (κ3) is 9.42.